The third kappa shape index (κ3) is 1.69. The van der Waals surface area contributed by atoms with Crippen LogP contribution in [0.1, 0.15) is 31.4 Å². The van der Waals surface area contributed by atoms with Gasteiger partial charge in [-0.3, -0.25) is 0 Å². The van der Waals surface area contributed by atoms with Crippen LogP contribution in [0.5, 0.6) is 0 Å². The highest BCUT2D eigenvalue weighted by Gasteiger charge is 2.16. The summed E-state index contributed by atoms with van der Waals surface area (Å²) >= 11 is 2.40. The van der Waals surface area contributed by atoms with Gasteiger partial charge in [-0.25, -0.2) is 0 Å². The fourth-order valence-electron chi connectivity index (χ4n) is 2.26. The van der Waals surface area contributed by atoms with Crippen LogP contribution in [-0.2, 0) is 0 Å². The number of benzene rings is 1. The normalized spacial score (nSPS) is 16.4. The van der Waals surface area contributed by atoms with Crippen molar-refractivity contribution in [1.29, 1.82) is 0 Å². The Morgan fingerprint density at radius 2 is 2.00 bits per heavy atom. The third-order valence-electron chi connectivity index (χ3n) is 3.12. The topological polar surface area (TPSA) is 13.1 Å². The lowest BCUT2D eigenvalue weighted by molar-refractivity contribution is 0.586. The first-order valence-corrected chi connectivity index (χ1v) is 6.80. The molecule has 1 nitrogen and oxygen atoms in total. The van der Waals surface area contributed by atoms with Gasteiger partial charge in [0.05, 0.1) is 3.57 Å². The average Bonchev–Trinajstić information content (AvgIpc) is 2.69. The molecule has 3 rings (SSSR count). The molecule has 0 saturated heterocycles. The highest BCUT2D eigenvalue weighted by Crippen LogP contribution is 2.35. The molecule has 2 aromatic rings. The van der Waals surface area contributed by atoms with Crippen LogP contribution in [-0.4, -0.2) is 0 Å². The van der Waals surface area contributed by atoms with E-state index in [4.69, 9.17) is 4.42 Å². The van der Waals surface area contributed by atoms with Crippen molar-refractivity contribution in [2.24, 2.45) is 0 Å². The zero-order chi connectivity index (χ0) is 11.0. The van der Waals surface area contributed by atoms with Crippen molar-refractivity contribution < 1.29 is 4.42 Å². The molecule has 1 aliphatic rings. The number of halogens is 1. The smallest absolute Gasteiger partial charge is 0.144 e. The molecule has 0 bridgehead atoms. The molecule has 0 amide bonds. The second kappa shape index (κ2) is 4.24. The van der Waals surface area contributed by atoms with E-state index in [1.165, 1.54) is 33.8 Å². The molecule has 16 heavy (non-hydrogen) atoms. The van der Waals surface area contributed by atoms with Crippen LogP contribution in [0, 0.1) is 3.57 Å². The van der Waals surface area contributed by atoms with E-state index in [0.29, 0.717) is 0 Å². The largest absolute Gasteiger partial charge is 0.455 e. The highest BCUT2D eigenvalue weighted by molar-refractivity contribution is 14.1. The maximum absolute atomic E-state index is 5.96. The van der Waals surface area contributed by atoms with Crippen molar-refractivity contribution in [3.63, 3.8) is 0 Å². The molecule has 0 saturated carbocycles. The molecule has 1 aromatic heterocycles. The minimum Gasteiger partial charge on any atom is -0.455 e. The van der Waals surface area contributed by atoms with Gasteiger partial charge in [-0.15, -0.1) is 0 Å². The van der Waals surface area contributed by atoms with Crippen molar-refractivity contribution in [3.8, 4) is 0 Å². The molecule has 1 aliphatic carbocycles. The minimum absolute atomic E-state index is 1.01. The maximum atomic E-state index is 5.96. The second-order valence-corrected chi connectivity index (χ2v) is 5.30. The molecule has 1 heterocycles. The first-order chi connectivity index (χ1) is 7.86. The first-order valence-electron chi connectivity index (χ1n) is 5.73. The van der Waals surface area contributed by atoms with Crippen LogP contribution in [0.25, 0.3) is 16.5 Å². The van der Waals surface area contributed by atoms with Gasteiger partial charge in [0.1, 0.15) is 11.3 Å². The summed E-state index contributed by atoms with van der Waals surface area (Å²) in [4.78, 5) is 0. The van der Waals surface area contributed by atoms with Gasteiger partial charge in [-0.2, -0.15) is 0 Å². The summed E-state index contributed by atoms with van der Waals surface area (Å²) in [5.41, 5.74) is 2.40. The van der Waals surface area contributed by atoms with Gasteiger partial charge >= 0.3 is 0 Å². The molecule has 0 spiro atoms. The van der Waals surface area contributed by atoms with E-state index in [2.05, 4.69) is 40.8 Å². The number of hydrogen-bond donors (Lipinski definition) is 0. The summed E-state index contributed by atoms with van der Waals surface area (Å²) < 4.78 is 7.23. The van der Waals surface area contributed by atoms with Gasteiger partial charge in [0.25, 0.3) is 0 Å². The summed E-state index contributed by atoms with van der Waals surface area (Å²) in [5.74, 6) is 1.10. The Bertz CT molecular complexity index is 551. The number of rotatable bonds is 1. The molecular formula is C14H13IO. The van der Waals surface area contributed by atoms with Crippen molar-refractivity contribution >= 4 is 39.1 Å². The number of furan rings is 1. The maximum Gasteiger partial charge on any atom is 0.144 e. The molecule has 0 radical (unpaired) electrons. The number of para-hydroxylation sites is 1. The van der Waals surface area contributed by atoms with E-state index >= 15 is 0 Å². The van der Waals surface area contributed by atoms with Crippen molar-refractivity contribution in [3.05, 3.63) is 39.7 Å². The lowest BCUT2D eigenvalue weighted by Crippen LogP contribution is -1.91. The van der Waals surface area contributed by atoms with E-state index in [0.717, 1.165) is 17.8 Å². The molecule has 2 heteroatoms. The van der Waals surface area contributed by atoms with Crippen molar-refractivity contribution in [2.75, 3.05) is 0 Å². The Morgan fingerprint density at radius 3 is 2.75 bits per heavy atom. The Balaban J connectivity index is 2.16. The lowest BCUT2D eigenvalue weighted by atomic mass is 9.98. The monoisotopic (exact) mass is 324 g/mol. The Morgan fingerprint density at radius 1 is 1.12 bits per heavy atom. The molecule has 82 valence electrons. The predicted molar refractivity (Wildman–Crippen MR) is 75.4 cm³/mol. The van der Waals surface area contributed by atoms with Crippen molar-refractivity contribution in [2.45, 2.75) is 25.7 Å². The summed E-state index contributed by atoms with van der Waals surface area (Å²) in [7, 11) is 0. The predicted octanol–water partition coefficient (Wildman–Crippen LogP) is 4.99. The van der Waals surface area contributed by atoms with E-state index < -0.39 is 0 Å². The molecule has 0 aliphatic heterocycles. The number of hydrogen-bond acceptors (Lipinski definition) is 1. The molecule has 0 fully saturated rings. The SMILES string of the molecule is Ic1c(C2=CCCCC2)oc2ccccc12. The lowest BCUT2D eigenvalue weighted by Gasteiger charge is -2.10. The Labute approximate surface area is 109 Å². The van der Waals surface area contributed by atoms with E-state index in [1.807, 2.05) is 12.1 Å². The van der Waals surface area contributed by atoms with Crippen LogP contribution < -0.4 is 0 Å². The summed E-state index contributed by atoms with van der Waals surface area (Å²) in [6.45, 7) is 0. The molecule has 0 unspecified atom stereocenters. The second-order valence-electron chi connectivity index (χ2n) is 4.22. The standard InChI is InChI=1S/C14H13IO/c15-13-11-8-4-5-9-12(11)16-14(13)10-6-2-1-3-7-10/h4-6,8-9H,1-3,7H2. The fourth-order valence-corrected chi connectivity index (χ4v) is 3.17. The summed E-state index contributed by atoms with van der Waals surface area (Å²) in [6.07, 6.45) is 7.31. The average molecular weight is 324 g/mol. The van der Waals surface area contributed by atoms with E-state index in [9.17, 15) is 0 Å². The zero-order valence-corrected chi connectivity index (χ0v) is 11.2. The van der Waals surface area contributed by atoms with Gasteiger partial charge in [0.2, 0.25) is 0 Å². The van der Waals surface area contributed by atoms with Crippen LogP contribution in [0.2, 0.25) is 0 Å². The molecule has 0 atom stereocenters. The van der Waals surface area contributed by atoms with Gasteiger partial charge in [-0.05, 0) is 59.9 Å². The molecule has 1 aromatic carbocycles. The van der Waals surface area contributed by atoms with E-state index in [1.54, 1.807) is 0 Å². The van der Waals surface area contributed by atoms with Crippen LogP contribution in [0.3, 0.4) is 0 Å². The molecule has 0 N–H and O–H groups in total. The number of allylic oxidation sites excluding steroid dienone is 2. The van der Waals surface area contributed by atoms with Gasteiger partial charge in [0, 0.05) is 5.39 Å². The summed E-state index contributed by atoms with van der Waals surface area (Å²) in [5, 5.41) is 1.24. The number of fused-ring (bicyclic) bond motifs is 1. The minimum atomic E-state index is 1.01. The molecular weight excluding hydrogens is 311 g/mol. The van der Waals surface area contributed by atoms with Gasteiger partial charge in [0.15, 0.2) is 0 Å². The fraction of sp³-hybridized carbons (Fsp3) is 0.286. The van der Waals surface area contributed by atoms with Crippen LogP contribution >= 0.6 is 22.6 Å². The Hall–Kier alpha value is -0.770. The Kier molecular flexibility index (Phi) is 2.75. The first kappa shape index (κ1) is 10.4. The van der Waals surface area contributed by atoms with Crippen LogP contribution in [0.15, 0.2) is 34.8 Å². The third-order valence-corrected chi connectivity index (χ3v) is 4.19. The van der Waals surface area contributed by atoms with Gasteiger partial charge < -0.3 is 4.42 Å². The zero-order valence-electron chi connectivity index (χ0n) is 9.00. The van der Waals surface area contributed by atoms with Crippen molar-refractivity contribution in [1.82, 2.24) is 0 Å². The highest BCUT2D eigenvalue weighted by atomic mass is 127. The summed E-state index contributed by atoms with van der Waals surface area (Å²) in [6, 6.07) is 8.28. The van der Waals surface area contributed by atoms with Gasteiger partial charge in [-0.1, -0.05) is 24.3 Å². The quantitative estimate of drug-likeness (QED) is 0.673. The van der Waals surface area contributed by atoms with Crippen LogP contribution in [0.4, 0.5) is 0 Å². The van der Waals surface area contributed by atoms with E-state index in [-0.39, 0.29) is 0 Å².